The summed E-state index contributed by atoms with van der Waals surface area (Å²) in [6.45, 7) is 0. The van der Waals surface area contributed by atoms with Gasteiger partial charge >= 0.3 is 0 Å². The zero-order valence-corrected chi connectivity index (χ0v) is 15.2. The summed E-state index contributed by atoms with van der Waals surface area (Å²) in [6, 6.07) is 7.62. The minimum atomic E-state index is -0.912. The summed E-state index contributed by atoms with van der Waals surface area (Å²) in [5, 5.41) is 11.0. The standard InChI is InChI=1S/C19H15ClF2N2O3/c1-23(14-7-6-10(21)8-13(14)22)16(25)9-11-18(26)17-12(20)4-3-5-15(17)24(2)19(11)27/h3-8,26H,9H2,1-2H3. The third-order valence-electron chi connectivity index (χ3n) is 4.41. The van der Waals surface area contributed by atoms with Gasteiger partial charge in [0.1, 0.15) is 17.4 Å². The Hall–Kier alpha value is -2.93. The molecule has 1 heterocycles. The molecule has 0 aliphatic heterocycles. The van der Waals surface area contributed by atoms with E-state index in [1.807, 2.05) is 0 Å². The molecule has 0 radical (unpaired) electrons. The molecule has 0 spiro atoms. The minimum absolute atomic E-state index is 0.142. The van der Waals surface area contributed by atoms with Gasteiger partial charge in [-0.15, -0.1) is 0 Å². The van der Waals surface area contributed by atoms with E-state index in [2.05, 4.69) is 0 Å². The Morgan fingerprint density at radius 3 is 2.63 bits per heavy atom. The number of aromatic hydroxyl groups is 1. The van der Waals surface area contributed by atoms with Crippen molar-refractivity contribution in [3.05, 3.63) is 69.0 Å². The zero-order chi connectivity index (χ0) is 19.9. The van der Waals surface area contributed by atoms with E-state index in [4.69, 9.17) is 11.6 Å². The maximum absolute atomic E-state index is 13.9. The van der Waals surface area contributed by atoms with Crippen molar-refractivity contribution in [3.8, 4) is 5.75 Å². The molecular weight excluding hydrogens is 378 g/mol. The van der Waals surface area contributed by atoms with Gasteiger partial charge in [-0.3, -0.25) is 9.59 Å². The molecular formula is C19H15ClF2N2O3. The van der Waals surface area contributed by atoms with Gasteiger partial charge in [-0.1, -0.05) is 17.7 Å². The Morgan fingerprint density at radius 2 is 1.96 bits per heavy atom. The number of rotatable bonds is 3. The van der Waals surface area contributed by atoms with Gasteiger partial charge in [-0.25, -0.2) is 8.78 Å². The lowest BCUT2D eigenvalue weighted by molar-refractivity contribution is -0.117. The van der Waals surface area contributed by atoms with Crippen LogP contribution in [0.3, 0.4) is 0 Å². The maximum atomic E-state index is 13.9. The molecule has 1 aromatic heterocycles. The van der Waals surface area contributed by atoms with Gasteiger partial charge in [-0.2, -0.15) is 0 Å². The Kier molecular flexibility index (Phi) is 4.89. The topological polar surface area (TPSA) is 62.5 Å². The number of fused-ring (bicyclic) bond motifs is 1. The van der Waals surface area contributed by atoms with E-state index >= 15 is 0 Å². The summed E-state index contributed by atoms with van der Waals surface area (Å²) in [7, 11) is 2.80. The van der Waals surface area contributed by atoms with E-state index in [0.717, 1.165) is 17.0 Å². The predicted octanol–water partition coefficient (Wildman–Crippen LogP) is 3.38. The number of anilines is 1. The van der Waals surface area contributed by atoms with Crippen molar-refractivity contribution in [2.45, 2.75) is 6.42 Å². The first kappa shape index (κ1) is 18.8. The molecule has 0 saturated heterocycles. The number of carbonyl (C=O) groups excluding carboxylic acids is 1. The van der Waals surface area contributed by atoms with Crippen LogP contribution in [0.25, 0.3) is 10.9 Å². The Labute approximate surface area is 158 Å². The van der Waals surface area contributed by atoms with Crippen molar-refractivity contribution in [2.24, 2.45) is 7.05 Å². The third-order valence-corrected chi connectivity index (χ3v) is 4.73. The van der Waals surface area contributed by atoms with E-state index in [0.29, 0.717) is 11.6 Å². The van der Waals surface area contributed by atoms with Crippen molar-refractivity contribution in [2.75, 3.05) is 11.9 Å². The van der Waals surface area contributed by atoms with Crippen LogP contribution in [0, 0.1) is 11.6 Å². The molecule has 8 heteroatoms. The highest BCUT2D eigenvalue weighted by Crippen LogP contribution is 2.32. The van der Waals surface area contributed by atoms with E-state index in [1.54, 1.807) is 18.2 Å². The van der Waals surface area contributed by atoms with Gasteiger partial charge in [0.2, 0.25) is 5.91 Å². The molecule has 0 aliphatic rings. The van der Waals surface area contributed by atoms with Crippen molar-refractivity contribution >= 4 is 34.1 Å². The number of halogens is 3. The predicted molar refractivity (Wildman–Crippen MR) is 99.3 cm³/mol. The number of hydrogen-bond acceptors (Lipinski definition) is 3. The highest BCUT2D eigenvalue weighted by molar-refractivity contribution is 6.36. The second-order valence-corrected chi connectivity index (χ2v) is 6.46. The van der Waals surface area contributed by atoms with Gasteiger partial charge in [0, 0.05) is 20.2 Å². The molecule has 0 atom stereocenters. The lowest BCUT2D eigenvalue weighted by atomic mass is 10.1. The van der Waals surface area contributed by atoms with Crippen LogP contribution in [0.4, 0.5) is 14.5 Å². The lowest BCUT2D eigenvalue weighted by Gasteiger charge is -2.19. The normalized spacial score (nSPS) is 11.0. The maximum Gasteiger partial charge on any atom is 0.258 e. The third kappa shape index (κ3) is 3.26. The van der Waals surface area contributed by atoms with E-state index in [1.165, 1.54) is 18.7 Å². The van der Waals surface area contributed by atoms with Gasteiger partial charge in [-0.05, 0) is 24.3 Å². The summed E-state index contributed by atoms with van der Waals surface area (Å²) < 4.78 is 28.3. The van der Waals surface area contributed by atoms with Crippen molar-refractivity contribution < 1.29 is 18.7 Å². The molecule has 27 heavy (non-hydrogen) atoms. The number of pyridine rings is 1. The second kappa shape index (κ2) is 7.00. The smallest absolute Gasteiger partial charge is 0.258 e. The molecule has 0 aliphatic carbocycles. The summed E-state index contributed by atoms with van der Waals surface area (Å²) in [6.07, 6.45) is -0.479. The molecule has 1 N–H and O–H groups in total. The second-order valence-electron chi connectivity index (χ2n) is 6.05. The molecule has 0 unspecified atom stereocenters. The van der Waals surface area contributed by atoms with E-state index < -0.39 is 29.5 Å². The average Bonchev–Trinajstić information content (AvgIpc) is 2.62. The fourth-order valence-electron chi connectivity index (χ4n) is 2.91. The fraction of sp³-hybridized carbons (Fsp3) is 0.158. The first-order chi connectivity index (χ1) is 12.7. The molecule has 5 nitrogen and oxygen atoms in total. The van der Waals surface area contributed by atoms with Crippen LogP contribution in [0.2, 0.25) is 5.02 Å². The quantitative estimate of drug-likeness (QED) is 0.743. The average molecular weight is 393 g/mol. The molecule has 3 aromatic rings. The van der Waals surface area contributed by atoms with Crippen LogP contribution in [-0.4, -0.2) is 22.6 Å². The van der Waals surface area contributed by atoms with Crippen LogP contribution < -0.4 is 10.5 Å². The molecule has 0 fully saturated rings. The Bertz CT molecular complexity index is 1130. The van der Waals surface area contributed by atoms with Crippen LogP contribution in [-0.2, 0) is 18.3 Å². The van der Waals surface area contributed by atoms with Crippen LogP contribution in [0.5, 0.6) is 5.75 Å². The number of hydrogen-bond donors (Lipinski definition) is 1. The van der Waals surface area contributed by atoms with E-state index in [9.17, 15) is 23.5 Å². The Balaban J connectivity index is 2.05. The van der Waals surface area contributed by atoms with Gasteiger partial charge in [0.25, 0.3) is 5.56 Å². The van der Waals surface area contributed by atoms with Crippen LogP contribution in [0.1, 0.15) is 5.56 Å². The first-order valence-corrected chi connectivity index (χ1v) is 8.30. The highest BCUT2D eigenvalue weighted by Gasteiger charge is 2.22. The molecule has 140 valence electrons. The highest BCUT2D eigenvalue weighted by atomic mass is 35.5. The van der Waals surface area contributed by atoms with Gasteiger partial charge < -0.3 is 14.6 Å². The number of nitrogens with zero attached hydrogens (tertiary/aromatic N) is 2. The number of likely N-dealkylation sites (N-methyl/N-ethyl adjacent to an activating group) is 1. The van der Waals surface area contributed by atoms with Crippen molar-refractivity contribution in [1.82, 2.24) is 4.57 Å². The molecule has 3 rings (SSSR count). The largest absolute Gasteiger partial charge is 0.507 e. The monoisotopic (exact) mass is 392 g/mol. The number of benzene rings is 2. The minimum Gasteiger partial charge on any atom is -0.507 e. The molecule has 0 saturated carbocycles. The zero-order valence-electron chi connectivity index (χ0n) is 14.5. The molecule has 2 aromatic carbocycles. The van der Waals surface area contributed by atoms with Crippen LogP contribution >= 0.6 is 11.6 Å². The molecule has 0 bridgehead atoms. The summed E-state index contributed by atoms with van der Waals surface area (Å²) in [4.78, 5) is 26.1. The van der Waals surface area contributed by atoms with Crippen molar-refractivity contribution in [1.29, 1.82) is 0 Å². The first-order valence-electron chi connectivity index (χ1n) is 7.93. The number of carbonyl (C=O) groups is 1. The fourth-order valence-corrected chi connectivity index (χ4v) is 3.17. The summed E-state index contributed by atoms with van der Waals surface area (Å²) in [5.74, 6) is -2.73. The number of aryl methyl sites for hydroxylation is 1. The van der Waals surface area contributed by atoms with Gasteiger partial charge in [0.05, 0.1) is 33.6 Å². The number of amides is 1. The SMILES string of the molecule is CN(C(=O)Cc1c(O)c2c(Cl)cccc2n(C)c1=O)c1ccc(F)cc1F. The van der Waals surface area contributed by atoms with E-state index in [-0.39, 0.29) is 27.4 Å². The Morgan fingerprint density at radius 1 is 1.26 bits per heavy atom. The summed E-state index contributed by atoms with van der Waals surface area (Å²) >= 11 is 6.13. The van der Waals surface area contributed by atoms with Gasteiger partial charge in [0.15, 0.2) is 0 Å². The lowest BCUT2D eigenvalue weighted by Crippen LogP contribution is -2.32. The van der Waals surface area contributed by atoms with Crippen LogP contribution in [0.15, 0.2) is 41.2 Å². The molecule has 1 amide bonds. The summed E-state index contributed by atoms with van der Waals surface area (Å²) in [5.41, 5.74) is -0.447. The van der Waals surface area contributed by atoms with Crippen molar-refractivity contribution in [3.63, 3.8) is 0 Å². The number of aromatic nitrogens is 1.